The van der Waals surface area contributed by atoms with E-state index in [1.54, 1.807) is 16.8 Å². The molecule has 0 saturated carbocycles. The highest BCUT2D eigenvalue weighted by Gasteiger charge is 2.10. The van der Waals surface area contributed by atoms with Crippen LogP contribution in [0.2, 0.25) is 0 Å². The highest BCUT2D eigenvalue weighted by molar-refractivity contribution is 8.00. The molecular weight excluding hydrogens is 332 g/mol. The van der Waals surface area contributed by atoms with Gasteiger partial charge in [-0.15, -0.1) is 5.10 Å². The van der Waals surface area contributed by atoms with Gasteiger partial charge in [0.05, 0.1) is 5.75 Å². The van der Waals surface area contributed by atoms with Crippen LogP contribution in [0.25, 0.3) is 0 Å². The van der Waals surface area contributed by atoms with Gasteiger partial charge in [0.25, 0.3) is 5.76 Å². The Hall–Kier alpha value is -1.68. The summed E-state index contributed by atoms with van der Waals surface area (Å²) in [6.07, 6.45) is 0. The van der Waals surface area contributed by atoms with Gasteiger partial charge >= 0.3 is 0 Å². The van der Waals surface area contributed by atoms with Crippen molar-refractivity contribution in [1.29, 1.82) is 0 Å². The Bertz CT molecular complexity index is 620. The molecule has 0 spiro atoms. The van der Waals surface area contributed by atoms with E-state index in [9.17, 15) is 13.6 Å². The largest absolute Gasteiger partial charge is 0.325 e. The van der Waals surface area contributed by atoms with Crippen LogP contribution in [0.4, 0.5) is 14.5 Å². The topological polar surface area (TPSA) is 72.7 Å². The first-order valence-corrected chi connectivity index (χ1v) is 8.18. The maximum Gasteiger partial charge on any atom is 0.288 e. The average Bonchev–Trinajstić information content (AvgIpc) is 2.94. The lowest BCUT2D eigenvalue weighted by molar-refractivity contribution is -0.113. The first-order chi connectivity index (χ1) is 10.6. The van der Waals surface area contributed by atoms with Gasteiger partial charge in [0.1, 0.15) is 0 Å². The molecule has 0 aliphatic carbocycles. The third-order valence-corrected chi connectivity index (χ3v) is 4.17. The van der Waals surface area contributed by atoms with Gasteiger partial charge in [-0.3, -0.25) is 4.79 Å². The highest BCUT2D eigenvalue weighted by atomic mass is 32.2. The molecule has 0 bridgehead atoms. The minimum atomic E-state index is -2.46. The lowest BCUT2D eigenvalue weighted by Crippen LogP contribution is -2.14. The van der Waals surface area contributed by atoms with E-state index in [4.69, 9.17) is 0 Å². The van der Waals surface area contributed by atoms with Gasteiger partial charge in [0, 0.05) is 17.1 Å². The van der Waals surface area contributed by atoms with Crippen LogP contribution in [0.1, 0.15) is 6.92 Å². The molecule has 0 radical (unpaired) electrons. The Morgan fingerprint density at radius 2 is 2.09 bits per heavy atom. The maximum absolute atomic E-state index is 12.2. The minimum absolute atomic E-state index is 0.161. The summed E-state index contributed by atoms with van der Waals surface area (Å²) in [7, 11) is 0. The van der Waals surface area contributed by atoms with E-state index in [1.807, 2.05) is 6.92 Å². The molecule has 0 unspecified atom stereocenters. The van der Waals surface area contributed by atoms with Crippen LogP contribution in [0.3, 0.4) is 0 Å². The smallest absolute Gasteiger partial charge is 0.288 e. The molecule has 1 aromatic carbocycles. The first-order valence-electron chi connectivity index (χ1n) is 6.32. The second-order valence-corrected chi connectivity index (χ2v) is 6.02. The summed E-state index contributed by atoms with van der Waals surface area (Å²) in [6.45, 7) is 2.53. The standard InChI is InChI=1S/C12H13F2N5OS2/c1-2-19-12(16-17-18-19)21-7-10(20)15-8-3-5-9(6-4-8)22-11(13)14/h3-6,11H,2,7H2,1H3,(H,15,20). The number of aryl methyl sites for hydroxylation is 1. The van der Waals surface area contributed by atoms with Gasteiger partial charge in [-0.2, -0.15) is 8.78 Å². The Morgan fingerprint density at radius 3 is 2.73 bits per heavy atom. The maximum atomic E-state index is 12.2. The normalized spacial score (nSPS) is 10.9. The van der Waals surface area contributed by atoms with Gasteiger partial charge in [-0.05, 0) is 41.6 Å². The van der Waals surface area contributed by atoms with Crippen molar-refractivity contribution in [3.05, 3.63) is 24.3 Å². The highest BCUT2D eigenvalue weighted by Crippen LogP contribution is 2.26. The Morgan fingerprint density at radius 1 is 1.36 bits per heavy atom. The molecule has 0 aliphatic rings. The zero-order chi connectivity index (χ0) is 15.9. The number of alkyl halides is 2. The molecule has 0 aliphatic heterocycles. The van der Waals surface area contributed by atoms with Crippen LogP contribution in [0.15, 0.2) is 34.3 Å². The summed E-state index contributed by atoms with van der Waals surface area (Å²) in [5.74, 6) is -2.51. The molecule has 22 heavy (non-hydrogen) atoms. The number of aromatic nitrogens is 4. The van der Waals surface area contributed by atoms with Crippen LogP contribution in [-0.2, 0) is 11.3 Å². The fourth-order valence-corrected chi connectivity index (χ4v) is 2.79. The Balaban J connectivity index is 1.84. The minimum Gasteiger partial charge on any atom is -0.325 e. The molecule has 2 aromatic rings. The molecule has 1 amide bonds. The van der Waals surface area contributed by atoms with Crippen molar-refractivity contribution in [2.75, 3.05) is 11.1 Å². The number of tetrazole rings is 1. The number of nitrogens with zero attached hydrogens (tertiary/aromatic N) is 4. The number of halogens is 2. The van der Waals surface area contributed by atoms with E-state index in [2.05, 4.69) is 20.8 Å². The van der Waals surface area contributed by atoms with E-state index in [0.717, 1.165) is 0 Å². The number of benzene rings is 1. The summed E-state index contributed by atoms with van der Waals surface area (Å²) in [5.41, 5.74) is 0.555. The summed E-state index contributed by atoms with van der Waals surface area (Å²) < 4.78 is 26.0. The van der Waals surface area contributed by atoms with Crippen LogP contribution in [-0.4, -0.2) is 37.6 Å². The Kier molecular flexibility index (Phi) is 6.13. The van der Waals surface area contributed by atoms with E-state index < -0.39 is 5.76 Å². The lowest BCUT2D eigenvalue weighted by Gasteiger charge is -2.06. The quantitative estimate of drug-likeness (QED) is 0.778. The van der Waals surface area contributed by atoms with Crippen LogP contribution < -0.4 is 5.32 Å². The second kappa shape index (κ2) is 8.08. The predicted octanol–water partition coefficient (Wildman–Crippen LogP) is 2.74. The van der Waals surface area contributed by atoms with Crippen molar-refractivity contribution in [3.8, 4) is 0 Å². The number of rotatable bonds is 7. The van der Waals surface area contributed by atoms with E-state index in [0.29, 0.717) is 34.0 Å². The molecule has 1 heterocycles. The number of amides is 1. The molecule has 0 fully saturated rings. The van der Waals surface area contributed by atoms with Gasteiger partial charge in [0.15, 0.2) is 0 Å². The van der Waals surface area contributed by atoms with Crippen LogP contribution in [0.5, 0.6) is 0 Å². The van der Waals surface area contributed by atoms with E-state index in [1.165, 1.54) is 23.9 Å². The third-order valence-electron chi connectivity index (χ3n) is 2.49. The molecule has 10 heteroatoms. The SMILES string of the molecule is CCn1nnnc1SCC(=O)Nc1ccc(SC(F)F)cc1. The summed E-state index contributed by atoms with van der Waals surface area (Å²) in [6, 6.07) is 6.25. The van der Waals surface area contributed by atoms with Crippen LogP contribution in [0, 0.1) is 0 Å². The third kappa shape index (κ3) is 4.95. The second-order valence-electron chi connectivity index (χ2n) is 4.02. The van der Waals surface area contributed by atoms with Crippen molar-refractivity contribution in [3.63, 3.8) is 0 Å². The average molecular weight is 345 g/mol. The van der Waals surface area contributed by atoms with Crippen LogP contribution >= 0.6 is 23.5 Å². The molecule has 1 aromatic heterocycles. The molecule has 6 nitrogen and oxygen atoms in total. The number of nitrogens with one attached hydrogen (secondary N) is 1. The zero-order valence-electron chi connectivity index (χ0n) is 11.6. The van der Waals surface area contributed by atoms with Gasteiger partial charge < -0.3 is 5.32 Å². The number of hydrogen-bond donors (Lipinski definition) is 1. The van der Waals surface area contributed by atoms with Gasteiger partial charge in [-0.25, -0.2) is 4.68 Å². The number of thioether (sulfide) groups is 2. The molecule has 1 N–H and O–H groups in total. The van der Waals surface area contributed by atoms with Crippen molar-refractivity contribution in [2.45, 2.75) is 29.3 Å². The number of anilines is 1. The molecule has 118 valence electrons. The summed E-state index contributed by atoms with van der Waals surface area (Å²) >= 11 is 1.69. The Labute approximate surface area is 134 Å². The monoisotopic (exact) mass is 345 g/mol. The summed E-state index contributed by atoms with van der Waals surface area (Å²) in [5, 5.41) is 14.4. The fraction of sp³-hybridized carbons (Fsp3) is 0.333. The van der Waals surface area contributed by atoms with E-state index in [-0.39, 0.29) is 11.7 Å². The van der Waals surface area contributed by atoms with Gasteiger partial charge in [-0.1, -0.05) is 23.5 Å². The van der Waals surface area contributed by atoms with Crippen molar-refractivity contribution >= 4 is 35.1 Å². The fourth-order valence-electron chi connectivity index (χ4n) is 1.55. The van der Waals surface area contributed by atoms with Crippen molar-refractivity contribution in [2.24, 2.45) is 0 Å². The lowest BCUT2D eigenvalue weighted by atomic mass is 10.3. The van der Waals surface area contributed by atoms with E-state index >= 15 is 0 Å². The zero-order valence-corrected chi connectivity index (χ0v) is 13.2. The molecule has 0 atom stereocenters. The molecule has 0 saturated heterocycles. The van der Waals surface area contributed by atoms with Crippen molar-refractivity contribution < 1.29 is 13.6 Å². The van der Waals surface area contributed by atoms with Gasteiger partial charge in [0.2, 0.25) is 11.1 Å². The number of carbonyl (C=O) groups excluding carboxylic acids is 1. The molecular formula is C12H13F2N5OS2. The number of hydrogen-bond acceptors (Lipinski definition) is 6. The first kappa shape index (κ1) is 16.7. The summed E-state index contributed by atoms with van der Waals surface area (Å²) in [4.78, 5) is 12.3. The number of carbonyl (C=O) groups is 1. The molecule has 2 rings (SSSR count). The van der Waals surface area contributed by atoms with Crippen molar-refractivity contribution in [1.82, 2.24) is 20.2 Å². The predicted molar refractivity (Wildman–Crippen MR) is 81.1 cm³/mol.